The van der Waals surface area contributed by atoms with E-state index in [4.69, 9.17) is 14.2 Å². The lowest BCUT2D eigenvalue weighted by Gasteiger charge is -2.18. The third-order valence-corrected chi connectivity index (χ3v) is 5.36. The smallest absolute Gasteiger partial charge is 0.245 e. The minimum Gasteiger partial charge on any atom is -0.493 e. The van der Waals surface area contributed by atoms with Crippen molar-refractivity contribution in [3.8, 4) is 11.5 Å². The molecule has 30 heavy (non-hydrogen) atoms. The molecule has 160 valence electrons. The molecule has 1 unspecified atom stereocenters. The first kappa shape index (κ1) is 20.2. The molecule has 0 bridgehead atoms. The van der Waals surface area contributed by atoms with Crippen LogP contribution in [0.5, 0.6) is 11.5 Å². The van der Waals surface area contributed by atoms with Crippen LogP contribution < -0.4 is 14.8 Å². The molecule has 2 aliphatic heterocycles. The van der Waals surface area contributed by atoms with Gasteiger partial charge in [0.15, 0.2) is 17.3 Å². The van der Waals surface area contributed by atoms with Crippen molar-refractivity contribution >= 4 is 17.6 Å². The van der Waals surface area contributed by atoms with Crippen LogP contribution in [-0.4, -0.2) is 66.4 Å². The average Bonchev–Trinajstić information content (AvgIpc) is 3.45. The molecule has 2 saturated heterocycles. The van der Waals surface area contributed by atoms with E-state index in [1.165, 1.54) is 0 Å². The number of H-pyrrole nitrogens is 1. The highest BCUT2D eigenvalue weighted by Crippen LogP contribution is 2.36. The molecule has 2 atom stereocenters. The van der Waals surface area contributed by atoms with Gasteiger partial charge in [0.05, 0.1) is 26.9 Å². The van der Waals surface area contributed by atoms with Gasteiger partial charge in [-0.05, 0) is 24.6 Å². The van der Waals surface area contributed by atoms with Crippen LogP contribution in [0.2, 0.25) is 0 Å². The van der Waals surface area contributed by atoms with Crippen molar-refractivity contribution in [1.29, 1.82) is 0 Å². The van der Waals surface area contributed by atoms with Gasteiger partial charge < -0.3 is 24.4 Å². The lowest BCUT2D eigenvalue weighted by Crippen LogP contribution is -2.34. The Morgan fingerprint density at radius 1 is 1.37 bits per heavy atom. The molecule has 0 spiro atoms. The quantitative estimate of drug-likeness (QED) is 0.716. The largest absolute Gasteiger partial charge is 0.493 e. The van der Waals surface area contributed by atoms with E-state index in [2.05, 4.69) is 15.5 Å². The topological polar surface area (TPSA) is 106 Å². The molecule has 3 heterocycles. The second-order valence-corrected chi connectivity index (χ2v) is 7.67. The Labute approximate surface area is 174 Å². The molecular formula is C21H26N4O5. The number of rotatable bonds is 7. The van der Waals surface area contributed by atoms with E-state index in [-0.39, 0.29) is 30.4 Å². The van der Waals surface area contributed by atoms with Crippen LogP contribution in [0, 0.1) is 6.92 Å². The number of benzene rings is 1. The fraction of sp³-hybridized carbons (Fsp3) is 0.476. The molecule has 2 aromatic rings. The van der Waals surface area contributed by atoms with Crippen LogP contribution in [-0.2, 0) is 14.3 Å². The van der Waals surface area contributed by atoms with Crippen molar-refractivity contribution in [2.75, 3.05) is 38.7 Å². The van der Waals surface area contributed by atoms with Gasteiger partial charge in [-0.15, -0.1) is 0 Å². The first-order valence-electron chi connectivity index (χ1n) is 10.0. The third-order valence-electron chi connectivity index (χ3n) is 5.36. The number of carbonyl (C=O) groups excluding carboxylic acids is 2. The van der Waals surface area contributed by atoms with E-state index in [1.54, 1.807) is 18.1 Å². The summed E-state index contributed by atoms with van der Waals surface area (Å²) < 4.78 is 16.9. The number of hydrogen-bond acceptors (Lipinski definition) is 6. The van der Waals surface area contributed by atoms with Gasteiger partial charge in [-0.1, -0.05) is 6.07 Å². The maximum absolute atomic E-state index is 12.5. The van der Waals surface area contributed by atoms with Gasteiger partial charge in [0.1, 0.15) is 6.10 Å². The van der Waals surface area contributed by atoms with E-state index < -0.39 is 0 Å². The Kier molecular flexibility index (Phi) is 5.89. The zero-order valence-electron chi connectivity index (χ0n) is 17.1. The van der Waals surface area contributed by atoms with Gasteiger partial charge >= 0.3 is 0 Å². The van der Waals surface area contributed by atoms with E-state index in [9.17, 15) is 9.59 Å². The number of carbonyl (C=O) groups is 2. The molecule has 9 nitrogen and oxygen atoms in total. The average molecular weight is 414 g/mol. The van der Waals surface area contributed by atoms with Crippen molar-refractivity contribution in [2.45, 2.75) is 31.8 Å². The number of nitrogens with one attached hydrogen (secondary N) is 2. The van der Waals surface area contributed by atoms with Crippen LogP contribution in [0.15, 0.2) is 24.3 Å². The number of ether oxygens (including phenoxy) is 3. The normalized spacial score (nSPS) is 21.1. The number of amides is 2. The molecular weight excluding hydrogens is 388 g/mol. The second kappa shape index (κ2) is 8.74. The molecule has 2 fully saturated rings. The first-order valence-corrected chi connectivity index (χ1v) is 10.0. The van der Waals surface area contributed by atoms with Gasteiger partial charge in [0, 0.05) is 37.1 Å². The lowest BCUT2D eigenvalue weighted by atomic mass is 9.98. The predicted molar refractivity (Wildman–Crippen MR) is 109 cm³/mol. The van der Waals surface area contributed by atoms with Crippen LogP contribution in [0.4, 0.5) is 5.82 Å². The highest BCUT2D eigenvalue weighted by Gasteiger charge is 2.32. The third kappa shape index (κ3) is 4.56. The fourth-order valence-corrected chi connectivity index (χ4v) is 3.81. The number of likely N-dealkylation sites (tertiary alicyclic amines) is 1. The van der Waals surface area contributed by atoms with Crippen molar-refractivity contribution in [2.24, 2.45) is 0 Å². The molecule has 0 saturated carbocycles. The standard InChI is InChI=1S/C21H26N4O5/c1-13-7-19(24-23-13)22-20(26)11-25-10-15(9-21(25)27)14-3-4-17(28-2)18(8-14)30-16-5-6-29-12-16/h3-4,7-8,15-16H,5-6,9-12H2,1-2H3,(H2,22,23,24,26)/t15?,16-/m1/s1. The zero-order chi connectivity index (χ0) is 21.1. The molecule has 2 aliphatic rings. The molecule has 1 aromatic heterocycles. The Morgan fingerprint density at radius 2 is 2.23 bits per heavy atom. The molecule has 2 amide bonds. The monoisotopic (exact) mass is 414 g/mol. The van der Waals surface area contributed by atoms with E-state index in [0.29, 0.717) is 43.5 Å². The summed E-state index contributed by atoms with van der Waals surface area (Å²) in [6.45, 7) is 3.58. The zero-order valence-corrected chi connectivity index (χ0v) is 17.1. The Bertz CT molecular complexity index is 922. The maximum atomic E-state index is 12.5. The van der Waals surface area contributed by atoms with Crippen molar-refractivity contribution in [3.63, 3.8) is 0 Å². The van der Waals surface area contributed by atoms with E-state index >= 15 is 0 Å². The second-order valence-electron chi connectivity index (χ2n) is 7.67. The van der Waals surface area contributed by atoms with E-state index in [0.717, 1.165) is 17.7 Å². The van der Waals surface area contributed by atoms with Crippen LogP contribution in [0.3, 0.4) is 0 Å². The molecule has 4 rings (SSSR count). The van der Waals surface area contributed by atoms with Gasteiger partial charge in [-0.2, -0.15) is 5.10 Å². The summed E-state index contributed by atoms with van der Waals surface area (Å²) in [7, 11) is 1.60. The fourth-order valence-electron chi connectivity index (χ4n) is 3.81. The number of aromatic nitrogens is 2. The molecule has 2 N–H and O–H groups in total. The van der Waals surface area contributed by atoms with Crippen molar-refractivity contribution < 1.29 is 23.8 Å². The Balaban J connectivity index is 1.40. The van der Waals surface area contributed by atoms with Gasteiger partial charge in [-0.25, -0.2) is 0 Å². The first-order chi connectivity index (χ1) is 14.5. The summed E-state index contributed by atoms with van der Waals surface area (Å²) >= 11 is 0. The summed E-state index contributed by atoms with van der Waals surface area (Å²) in [6, 6.07) is 7.48. The Hall–Kier alpha value is -3.07. The number of nitrogens with zero attached hydrogens (tertiary/aromatic N) is 2. The van der Waals surface area contributed by atoms with Crippen molar-refractivity contribution in [3.05, 3.63) is 35.5 Å². The summed E-state index contributed by atoms with van der Waals surface area (Å²) in [6.07, 6.45) is 1.20. The molecule has 0 aliphatic carbocycles. The molecule has 1 aromatic carbocycles. The Morgan fingerprint density at radius 3 is 2.93 bits per heavy atom. The van der Waals surface area contributed by atoms with Crippen LogP contribution >= 0.6 is 0 Å². The lowest BCUT2D eigenvalue weighted by molar-refractivity contribution is -0.131. The number of aromatic amines is 1. The number of anilines is 1. The summed E-state index contributed by atoms with van der Waals surface area (Å²) in [5.74, 6) is 1.44. The molecule has 0 radical (unpaired) electrons. The minimum atomic E-state index is -0.268. The highest BCUT2D eigenvalue weighted by atomic mass is 16.6. The van der Waals surface area contributed by atoms with Crippen molar-refractivity contribution in [1.82, 2.24) is 15.1 Å². The summed E-state index contributed by atoms with van der Waals surface area (Å²) in [4.78, 5) is 26.4. The van der Waals surface area contributed by atoms with E-state index in [1.807, 2.05) is 25.1 Å². The highest BCUT2D eigenvalue weighted by molar-refractivity contribution is 5.94. The number of aryl methyl sites for hydroxylation is 1. The minimum absolute atomic E-state index is 0.000164. The number of methoxy groups -OCH3 is 1. The maximum Gasteiger partial charge on any atom is 0.245 e. The summed E-state index contributed by atoms with van der Waals surface area (Å²) in [5, 5.41) is 9.46. The van der Waals surface area contributed by atoms with Gasteiger partial charge in [0.2, 0.25) is 11.8 Å². The summed E-state index contributed by atoms with van der Waals surface area (Å²) in [5.41, 5.74) is 1.84. The van der Waals surface area contributed by atoms with Crippen LogP contribution in [0.25, 0.3) is 0 Å². The van der Waals surface area contributed by atoms with Gasteiger partial charge in [-0.3, -0.25) is 14.7 Å². The molecule has 9 heteroatoms. The SMILES string of the molecule is COc1ccc(C2CC(=O)N(CC(=O)Nc3cc(C)[nH]n3)C2)cc1O[C@@H]1CCOC1. The van der Waals surface area contributed by atoms with Crippen LogP contribution in [0.1, 0.15) is 30.0 Å². The predicted octanol–water partition coefficient (Wildman–Crippen LogP) is 1.85. The number of hydrogen-bond donors (Lipinski definition) is 2. The van der Waals surface area contributed by atoms with Gasteiger partial charge in [0.25, 0.3) is 0 Å².